The molecular formula is C19H31N3O2. The number of rotatable bonds is 7. The molecule has 0 unspecified atom stereocenters. The first kappa shape index (κ1) is 18.9. The zero-order chi connectivity index (χ0) is 17.5. The molecule has 1 aromatic rings. The average Bonchev–Trinajstić information content (AvgIpc) is 2.55. The molecule has 1 fully saturated rings. The first-order valence-corrected chi connectivity index (χ1v) is 8.94. The van der Waals surface area contributed by atoms with Gasteiger partial charge in [0.15, 0.2) is 0 Å². The van der Waals surface area contributed by atoms with E-state index in [1.54, 1.807) is 0 Å². The number of benzene rings is 1. The van der Waals surface area contributed by atoms with Crippen LogP contribution in [0.5, 0.6) is 0 Å². The quantitative estimate of drug-likeness (QED) is 0.796. The molecule has 24 heavy (non-hydrogen) atoms. The summed E-state index contributed by atoms with van der Waals surface area (Å²) in [4.78, 5) is 16.8. The number of aliphatic hydroxyl groups excluding tert-OH is 1. The molecule has 134 valence electrons. The third-order valence-corrected chi connectivity index (χ3v) is 4.68. The summed E-state index contributed by atoms with van der Waals surface area (Å²) < 4.78 is 0. The van der Waals surface area contributed by atoms with Crippen LogP contribution in [0.4, 0.5) is 0 Å². The molecule has 0 aliphatic carbocycles. The second kappa shape index (κ2) is 9.16. The van der Waals surface area contributed by atoms with Crippen LogP contribution in [-0.2, 0) is 4.79 Å². The molecule has 1 aromatic carbocycles. The number of carbonyl (C=O) groups excluding carboxylic acids is 1. The number of carbonyl (C=O) groups is 1. The fraction of sp³-hybridized carbons (Fsp3) is 0.632. The van der Waals surface area contributed by atoms with Gasteiger partial charge >= 0.3 is 0 Å². The normalized spacial score (nSPS) is 22.1. The maximum atomic E-state index is 12.2. The third-order valence-electron chi connectivity index (χ3n) is 4.68. The summed E-state index contributed by atoms with van der Waals surface area (Å²) in [7, 11) is 0. The first-order chi connectivity index (χ1) is 11.5. The Hall–Kier alpha value is -1.43. The minimum atomic E-state index is -0.288. The van der Waals surface area contributed by atoms with Gasteiger partial charge in [-0.15, -0.1) is 0 Å². The third kappa shape index (κ3) is 5.89. The summed E-state index contributed by atoms with van der Waals surface area (Å²) >= 11 is 0. The minimum absolute atomic E-state index is 0.0421. The smallest absolute Gasteiger partial charge is 0.221 e. The van der Waals surface area contributed by atoms with E-state index in [-0.39, 0.29) is 18.1 Å². The van der Waals surface area contributed by atoms with Crippen molar-refractivity contribution in [3.63, 3.8) is 0 Å². The lowest BCUT2D eigenvalue weighted by molar-refractivity contribution is -0.122. The highest BCUT2D eigenvalue weighted by Crippen LogP contribution is 2.13. The number of amides is 1. The molecule has 0 saturated carbocycles. The van der Waals surface area contributed by atoms with Gasteiger partial charge in [0.1, 0.15) is 0 Å². The van der Waals surface area contributed by atoms with E-state index < -0.39 is 0 Å². The molecule has 0 spiro atoms. The fourth-order valence-electron chi connectivity index (χ4n) is 3.28. The van der Waals surface area contributed by atoms with Crippen molar-refractivity contribution in [2.45, 2.75) is 45.4 Å². The van der Waals surface area contributed by atoms with Crippen molar-refractivity contribution in [3.8, 4) is 0 Å². The molecule has 1 heterocycles. The summed E-state index contributed by atoms with van der Waals surface area (Å²) in [6.07, 6.45) is 0.240. The van der Waals surface area contributed by atoms with E-state index >= 15 is 0 Å². The van der Waals surface area contributed by atoms with Crippen molar-refractivity contribution in [1.29, 1.82) is 0 Å². The Bertz CT molecular complexity index is 507. The van der Waals surface area contributed by atoms with Crippen molar-refractivity contribution in [2.24, 2.45) is 0 Å². The predicted octanol–water partition coefficient (Wildman–Crippen LogP) is 1.64. The lowest BCUT2D eigenvalue weighted by Gasteiger charge is -2.40. The van der Waals surface area contributed by atoms with Crippen molar-refractivity contribution in [3.05, 3.63) is 35.9 Å². The fourth-order valence-corrected chi connectivity index (χ4v) is 3.28. The molecule has 3 atom stereocenters. The maximum absolute atomic E-state index is 12.2. The Morgan fingerprint density at radius 2 is 2.00 bits per heavy atom. The predicted molar refractivity (Wildman–Crippen MR) is 96.8 cm³/mol. The molecule has 1 aliphatic heterocycles. The molecule has 0 bridgehead atoms. The molecular weight excluding hydrogens is 302 g/mol. The van der Waals surface area contributed by atoms with E-state index in [9.17, 15) is 9.90 Å². The molecule has 1 saturated heterocycles. The van der Waals surface area contributed by atoms with Gasteiger partial charge in [-0.25, -0.2) is 0 Å². The maximum Gasteiger partial charge on any atom is 0.221 e. The van der Waals surface area contributed by atoms with Gasteiger partial charge in [-0.1, -0.05) is 30.3 Å². The topological polar surface area (TPSA) is 55.8 Å². The van der Waals surface area contributed by atoms with Gasteiger partial charge in [0.25, 0.3) is 0 Å². The Morgan fingerprint density at radius 1 is 1.29 bits per heavy atom. The van der Waals surface area contributed by atoms with Crippen molar-refractivity contribution in [1.82, 2.24) is 15.1 Å². The number of β-amino-alcohol motifs (C(OH)–C–C–N with tert-alkyl or cyclic N) is 1. The zero-order valence-electron chi connectivity index (χ0n) is 15.1. The van der Waals surface area contributed by atoms with Crippen LogP contribution in [0.1, 0.15) is 38.8 Å². The van der Waals surface area contributed by atoms with Crippen LogP contribution in [0.25, 0.3) is 0 Å². The first-order valence-electron chi connectivity index (χ1n) is 8.94. The van der Waals surface area contributed by atoms with E-state index in [2.05, 4.69) is 22.0 Å². The number of hydrogen-bond acceptors (Lipinski definition) is 4. The second-order valence-corrected chi connectivity index (χ2v) is 6.94. The Kier molecular flexibility index (Phi) is 7.21. The minimum Gasteiger partial charge on any atom is -0.392 e. The number of nitrogens with one attached hydrogen (secondary N) is 1. The molecule has 2 rings (SSSR count). The van der Waals surface area contributed by atoms with Crippen molar-refractivity contribution >= 4 is 5.91 Å². The molecule has 5 nitrogen and oxygen atoms in total. The zero-order valence-corrected chi connectivity index (χ0v) is 15.1. The Labute approximate surface area is 145 Å². The van der Waals surface area contributed by atoms with Crippen LogP contribution < -0.4 is 5.32 Å². The highest BCUT2D eigenvalue weighted by molar-refractivity contribution is 5.76. The van der Waals surface area contributed by atoms with Gasteiger partial charge in [-0.05, 0) is 26.3 Å². The SMILES string of the molecule is C[C@H](O)CN1CCN(CCC(=O)N[C@@H](C)c2ccccc2)C[C@H]1C. The molecule has 2 N–H and O–H groups in total. The lowest BCUT2D eigenvalue weighted by atomic mass is 10.1. The van der Waals surface area contributed by atoms with Crippen molar-refractivity contribution in [2.75, 3.05) is 32.7 Å². The summed E-state index contributed by atoms with van der Waals surface area (Å²) in [5, 5.41) is 12.6. The molecule has 1 aliphatic rings. The van der Waals surface area contributed by atoms with Gasteiger partial charge in [0, 0.05) is 45.2 Å². The Morgan fingerprint density at radius 3 is 2.62 bits per heavy atom. The van der Waals surface area contributed by atoms with E-state index in [0.717, 1.165) is 38.3 Å². The van der Waals surface area contributed by atoms with Crippen LogP contribution in [0.15, 0.2) is 30.3 Å². The molecule has 5 heteroatoms. The standard InChI is InChI=1S/C19H31N3O2/c1-15-13-21(11-12-22(15)14-16(2)23)10-9-19(24)20-17(3)18-7-5-4-6-8-18/h4-8,15-17,23H,9-14H2,1-3H3,(H,20,24)/t15-,16+,17+/m1/s1. The molecule has 0 radical (unpaired) electrons. The number of nitrogens with zero attached hydrogens (tertiary/aromatic N) is 2. The van der Waals surface area contributed by atoms with Crippen LogP contribution in [0, 0.1) is 0 Å². The van der Waals surface area contributed by atoms with Crippen LogP contribution >= 0.6 is 0 Å². The van der Waals surface area contributed by atoms with Gasteiger partial charge < -0.3 is 15.3 Å². The van der Waals surface area contributed by atoms with Gasteiger partial charge in [0.2, 0.25) is 5.91 Å². The average molecular weight is 333 g/mol. The summed E-state index contributed by atoms with van der Waals surface area (Å²) in [5.41, 5.74) is 1.13. The van der Waals surface area contributed by atoms with E-state index in [0.29, 0.717) is 12.5 Å². The van der Waals surface area contributed by atoms with Crippen LogP contribution in [0.2, 0.25) is 0 Å². The largest absolute Gasteiger partial charge is 0.392 e. The monoisotopic (exact) mass is 333 g/mol. The van der Waals surface area contributed by atoms with Crippen LogP contribution in [0.3, 0.4) is 0 Å². The number of aliphatic hydroxyl groups is 1. The van der Waals surface area contributed by atoms with E-state index in [1.165, 1.54) is 0 Å². The summed E-state index contributed by atoms with van der Waals surface area (Å²) in [5.74, 6) is 0.102. The van der Waals surface area contributed by atoms with Gasteiger partial charge in [-0.2, -0.15) is 0 Å². The summed E-state index contributed by atoms with van der Waals surface area (Å²) in [6.45, 7) is 10.4. The summed E-state index contributed by atoms with van der Waals surface area (Å²) in [6, 6.07) is 10.5. The number of piperazine rings is 1. The van der Waals surface area contributed by atoms with Crippen molar-refractivity contribution < 1.29 is 9.90 Å². The van der Waals surface area contributed by atoms with Gasteiger partial charge in [0.05, 0.1) is 12.1 Å². The lowest BCUT2D eigenvalue weighted by Crippen LogP contribution is -2.53. The highest BCUT2D eigenvalue weighted by atomic mass is 16.3. The highest BCUT2D eigenvalue weighted by Gasteiger charge is 2.24. The molecule has 0 aromatic heterocycles. The van der Waals surface area contributed by atoms with Gasteiger partial charge in [-0.3, -0.25) is 9.69 Å². The van der Waals surface area contributed by atoms with Crippen LogP contribution in [-0.4, -0.2) is 65.7 Å². The van der Waals surface area contributed by atoms with E-state index in [4.69, 9.17) is 0 Å². The second-order valence-electron chi connectivity index (χ2n) is 6.94. The van der Waals surface area contributed by atoms with E-state index in [1.807, 2.05) is 44.2 Å². The molecule has 1 amide bonds. The Balaban J connectivity index is 1.71. The number of hydrogen-bond donors (Lipinski definition) is 2.